The molecule has 19 heavy (non-hydrogen) atoms. The zero-order valence-electron chi connectivity index (χ0n) is 9.70. The van der Waals surface area contributed by atoms with Crippen LogP contribution < -0.4 is 5.73 Å². The highest BCUT2D eigenvalue weighted by atomic mass is 35.5. The van der Waals surface area contributed by atoms with Crippen LogP contribution in [0.2, 0.25) is 5.02 Å². The Kier molecular flexibility index (Phi) is 4.92. The largest absolute Gasteiger partial charge is 0.409 e. The summed E-state index contributed by atoms with van der Waals surface area (Å²) < 4.78 is 1.66. The third-order valence-corrected chi connectivity index (χ3v) is 5.33. The van der Waals surface area contributed by atoms with Gasteiger partial charge in [0.1, 0.15) is 0 Å². The molecule has 1 aromatic heterocycles. The molecule has 100 valence electrons. The van der Waals surface area contributed by atoms with Crippen LogP contribution in [0.5, 0.6) is 0 Å². The predicted octanol–water partition coefficient (Wildman–Crippen LogP) is 3.16. The molecule has 0 fully saturated rings. The zero-order chi connectivity index (χ0) is 13.8. The van der Waals surface area contributed by atoms with Crippen molar-refractivity contribution in [3.05, 3.63) is 28.8 Å². The highest BCUT2D eigenvalue weighted by Gasteiger charge is 2.12. The summed E-state index contributed by atoms with van der Waals surface area (Å²) in [5, 5.41) is 20.4. The van der Waals surface area contributed by atoms with Gasteiger partial charge in [-0.1, -0.05) is 51.6 Å². The molecule has 0 unspecified atom stereocenters. The minimum absolute atomic E-state index is 0.0359. The number of nitrogens with zero attached hydrogens (tertiary/aromatic N) is 3. The van der Waals surface area contributed by atoms with Gasteiger partial charge in [0.25, 0.3) is 0 Å². The topological polar surface area (TPSA) is 84.4 Å². The highest BCUT2D eigenvalue weighted by molar-refractivity contribution is 8.03. The Labute approximate surface area is 127 Å². The van der Waals surface area contributed by atoms with Crippen molar-refractivity contribution in [2.24, 2.45) is 10.9 Å². The van der Waals surface area contributed by atoms with Crippen LogP contribution in [0.4, 0.5) is 0 Å². The molecule has 0 saturated carbocycles. The van der Waals surface area contributed by atoms with E-state index in [1.807, 2.05) is 6.26 Å². The number of thioether (sulfide) groups is 1. The number of nitrogens with two attached hydrogens (primary N) is 1. The van der Waals surface area contributed by atoms with Crippen molar-refractivity contribution in [2.75, 3.05) is 6.26 Å². The maximum Gasteiger partial charge on any atom is 0.179 e. The van der Waals surface area contributed by atoms with Crippen molar-refractivity contribution in [3.63, 3.8) is 0 Å². The molecule has 1 heterocycles. The first-order valence-electron chi connectivity index (χ1n) is 4.97. The van der Waals surface area contributed by atoms with Crippen molar-refractivity contribution in [1.29, 1.82) is 0 Å². The summed E-state index contributed by atoms with van der Waals surface area (Å²) in [6, 6.07) is 5.14. The number of benzene rings is 1. The number of hydrogen-bond acceptors (Lipinski definition) is 7. The van der Waals surface area contributed by atoms with Crippen molar-refractivity contribution in [1.82, 2.24) is 10.2 Å². The molecule has 0 amide bonds. The van der Waals surface area contributed by atoms with Crippen LogP contribution in [0, 0.1) is 0 Å². The first-order chi connectivity index (χ1) is 9.13. The zero-order valence-corrected chi connectivity index (χ0v) is 12.9. The number of hydrogen-bond donors (Lipinski definition) is 2. The minimum Gasteiger partial charge on any atom is -0.409 e. The normalized spacial score (nSPS) is 11.8. The highest BCUT2D eigenvalue weighted by Crippen LogP contribution is 2.35. The van der Waals surface area contributed by atoms with Gasteiger partial charge < -0.3 is 10.9 Å². The summed E-state index contributed by atoms with van der Waals surface area (Å²) in [6.07, 6.45) is 1.94. The average molecular weight is 333 g/mol. The molecular formula is C10H9ClN4OS3. The number of amidine groups is 1. The van der Waals surface area contributed by atoms with E-state index < -0.39 is 0 Å². The first-order valence-corrected chi connectivity index (χ1v) is 8.20. The minimum atomic E-state index is 0.0359. The second-order valence-electron chi connectivity index (χ2n) is 3.27. The van der Waals surface area contributed by atoms with E-state index in [0.29, 0.717) is 10.6 Å². The van der Waals surface area contributed by atoms with Gasteiger partial charge in [0.2, 0.25) is 0 Å². The maximum atomic E-state index is 8.78. The van der Waals surface area contributed by atoms with Crippen LogP contribution in [-0.4, -0.2) is 27.5 Å². The fourth-order valence-corrected chi connectivity index (χ4v) is 4.07. The Morgan fingerprint density at radius 1 is 1.42 bits per heavy atom. The molecule has 0 aliphatic rings. The lowest BCUT2D eigenvalue weighted by molar-refractivity contribution is 0.318. The van der Waals surface area contributed by atoms with Crippen molar-refractivity contribution in [2.45, 2.75) is 13.6 Å². The molecule has 3 N–H and O–H groups in total. The molecule has 2 rings (SSSR count). The van der Waals surface area contributed by atoms with Gasteiger partial charge in [0, 0.05) is 15.5 Å². The fourth-order valence-electron chi connectivity index (χ4n) is 1.26. The molecule has 0 bridgehead atoms. The van der Waals surface area contributed by atoms with E-state index >= 15 is 0 Å². The summed E-state index contributed by atoms with van der Waals surface area (Å²) in [4.78, 5) is 0.770. The van der Waals surface area contributed by atoms with E-state index in [1.165, 1.54) is 34.9 Å². The van der Waals surface area contributed by atoms with Crippen molar-refractivity contribution in [3.8, 4) is 0 Å². The molecular weight excluding hydrogens is 324 g/mol. The van der Waals surface area contributed by atoms with Crippen LogP contribution in [-0.2, 0) is 0 Å². The van der Waals surface area contributed by atoms with E-state index in [4.69, 9.17) is 22.5 Å². The molecule has 5 nitrogen and oxygen atoms in total. The quantitative estimate of drug-likeness (QED) is 0.294. The smallest absolute Gasteiger partial charge is 0.179 e. The number of rotatable bonds is 4. The number of halogens is 1. The molecule has 9 heteroatoms. The standard InChI is InChI=1S/C10H9ClN4OS3/c1-17-9-13-14-10(19-9)18-7-4-5(11)2-3-6(7)8(12)15-16/h2-4,16H,1H3,(H2,12,15). The molecule has 0 aliphatic carbocycles. The lowest BCUT2D eigenvalue weighted by atomic mass is 10.2. The number of oxime groups is 1. The van der Waals surface area contributed by atoms with E-state index in [2.05, 4.69) is 15.4 Å². The van der Waals surface area contributed by atoms with Gasteiger partial charge in [-0.2, -0.15) is 0 Å². The second-order valence-corrected chi connectivity index (χ2v) is 7.02. The SMILES string of the molecule is CSc1nnc(Sc2cc(Cl)ccc2/C(N)=N/O)s1. The van der Waals surface area contributed by atoms with Crippen LogP contribution in [0.3, 0.4) is 0 Å². The number of aromatic nitrogens is 2. The Morgan fingerprint density at radius 2 is 2.16 bits per heavy atom. The molecule has 0 aliphatic heterocycles. The van der Waals surface area contributed by atoms with Crippen molar-refractivity contribution >= 4 is 52.3 Å². The van der Waals surface area contributed by atoms with Gasteiger partial charge in [0.05, 0.1) is 0 Å². The Bertz CT molecular complexity index is 617. The summed E-state index contributed by atoms with van der Waals surface area (Å²) in [7, 11) is 0. The average Bonchev–Trinajstić information content (AvgIpc) is 2.86. The Balaban J connectivity index is 2.35. The lowest BCUT2D eigenvalue weighted by Crippen LogP contribution is -2.14. The third-order valence-electron chi connectivity index (χ3n) is 2.09. The van der Waals surface area contributed by atoms with E-state index in [1.54, 1.807) is 18.2 Å². The lowest BCUT2D eigenvalue weighted by Gasteiger charge is -2.06. The summed E-state index contributed by atoms with van der Waals surface area (Å²) in [5.41, 5.74) is 6.25. The fraction of sp³-hybridized carbons (Fsp3) is 0.100. The van der Waals surface area contributed by atoms with Gasteiger partial charge >= 0.3 is 0 Å². The first kappa shape index (κ1) is 14.4. The maximum absolute atomic E-state index is 8.78. The van der Waals surface area contributed by atoms with Gasteiger partial charge in [-0.3, -0.25) is 0 Å². The molecule has 0 radical (unpaired) electrons. The third kappa shape index (κ3) is 3.53. The molecule has 2 aromatic rings. The Hall–Kier alpha value is -0.960. The van der Waals surface area contributed by atoms with Gasteiger partial charge in [-0.25, -0.2) is 0 Å². The van der Waals surface area contributed by atoms with Crippen LogP contribution >= 0.6 is 46.5 Å². The van der Waals surface area contributed by atoms with Crippen LogP contribution in [0.25, 0.3) is 0 Å². The van der Waals surface area contributed by atoms with Crippen LogP contribution in [0.15, 0.2) is 36.9 Å². The molecule has 0 spiro atoms. The Morgan fingerprint density at radius 3 is 2.79 bits per heavy atom. The summed E-state index contributed by atoms with van der Waals surface area (Å²) >= 11 is 10.4. The molecule has 0 atom stereocenters. The van der Waals surface area contributed by atoms with Crippen LogP contribution in [0.1, 0.15) is 5.56 Å². The summed E-state index contributed by atoms with van der Waals surface area (Å²) in [5.74, 6) is 0.0359. The van der Waals surface area contributed by atoms with E-state index in [0.717, 1.165) is 13.6 Å². The predicted molar refractivity (Wildman–Crippen MR) is 79.8 cm³/mol. The molecule has 0 saturated heterocycles. The molecule has 1 aromatic carbocycles. The van der Waals surface area contributed by atoms with Gasteiger partial charge in [-0.05, 0) is 24.5 Å². The van der Waals surface area contributed by atoms with Crippen molar-refractivity contribution < 1.29 is 5.21 Å². The van der Waals surface area contributed by atoms with E-state index in [-0.39, 0.29) is 5.84 Å². The van der Waals surface area contributed by atoms with E-state index in [9.17, 15) is 0 Å². The summed E-state index contributed by atoms with van der Waals surface area (Å²) in [6.45, 7) is 0. The second kappa shape index (κ2) is 6.47. The monoisotopic (exact) mass is 332 g/mol. The van der Waals surface area contributed by atoms with Gasteiger partial charge in [0.15, 0.2) is 14.5 Å². The van der Waals surface area contributed by atoms with Gasteiger partial charge in [-0.15, -0.1) is 10.2 Å².